The lowest BCUT2D eigenvalue weighted by Gasteiger charge is -2.07. The highest BCUT2D eigenvalue weighted by atomic mass is 16.6. The Hall–Kier alpha value is -1.58. The second kappa shape index (κ2) is 4.09. The molecule has 1 rings (SSSR count). The highest BCUT2D eigenvalue weighted by molar-refractivity contribution is 5.43. The molecule has 0 amide bonds. The molecular weight excluding hydrogens is 182 g/mol. The Morgan fingerprint density at radius 2 is 2.00 bits per heavy atom. The van der Waals surface area contributed by atoms with Crippen LogP contribution in [0.3, 0.4) is 0 Å². The second-order valence-corrected chi connectivity index (χ2v) is 3.38. The molecule has 1 aromatic rings. The van der Waals surface area contributed by atoms with E-state index in [1.54, 1.807) is 6.07 Å². The molecule has 0 aliphatic heterocycles. The zero-order valence-corrected chi connectivity index (χ0v) is 8.48. The fourth-order valence-electron chi connectivity index (χ4n) is 1.16. The normalized spacial score (nSPS) is 10.3. The lowest BCUT2D eigenvalue weighted by Crippen LogP contribution is -1.94. The summed E-state index contributed by atoms with van der Waals surface area (Å²) in [5.74, 6) is 0.784. The summed E-state index contributed by atoms with van der Waals surface area (Å²) in [6.07, 6.45) is 0. The highest BCUT2D eigenvalue weighted by Gasteiger charge is 2.11. The fourth-order valence-corrected chi connectivity index (χ4v) is 1.16. The average Bonchev–Trinajstić information content (AvgIpc) is 2.16. The number of nitro benzene ring substituents is 1. The van der Waals surface area contributed by atoms with Gasteiger partial charge >= 0.3 is 0 Å². The van der Waals surface area contributed by atoms with Crippen molar-refractivity contribution in [1.82, 2.24) is 0 Å². The molecule has 0 radical (unpaired) electrons. The van der Waals surface area contributed by atoms with E-state index in [1.165, 1.54) is 13.2 Å². The molecule has 76 valence electrons. The molecule has 0 aliphatic rings. The van der Waals surface area contributed by atoms with Crippen LogP contribution in [0.25, 0.3) is 0 Å². The Morgan fingerprint density at radius 3 is 2.43 bits per heavy atom. The molecule has 0 aromatic heterocycles. The molecule has 0 N–H and O–H groups in total. The average molecular weight is 195 g/mol. The van der Waals surface area contributed by atoms with Gasteiger partial charge in [0.25, 0.3) is 5.69 Å². The third kappa shape index (κ3) is 2.22. The van der Waals surface area contributed by atoms with Crippen molar-refractivity contribution >= 4 is 5.69 Å². The molecule has 4 heteroatoms. The quantitative estimate of drug-likeness (QED) is 0.550. The summed E-state index contributed by atoms with van der Waals surface area (Å²) < 4.78 is 4.99. The molecular formula is C10H13NO3. The van der Waals surface area contributed by atoms with Crippen LogP contribution in [0.15, 0.2) is 18.2 Å². The first-order chi connectivity index (χ1) is 6.54. The van der Waals surface area contributed by atoms with Gasteiger partial charge in [0.05, 0.1) is 18.1 Å². The smallest absolute Gasteiger partial charge is 0.273 e. The van der Waals surface area contributed by atoms with E-state index in [4.69, 9.17) is 4.74 Å². The maximum Gasteiger partial charge on any atom is 0.273 e. The lowest BCUT2D eigenvalue weighted by atomic mass is 10.0. The first kappa shape index (κ1) is 10.5. The third-order valence-corrected chi connectivity index (χ3v) is 2.03. The zero-order chi connectivity index (χ0) is 10.7. The minimum absolute atomic E-state index is 0.0769. The summed E-state index contributed by atoms with van der Waals surface area (Å²) in [6, 6.07) is 4.82. The summed E-state index contributed by atoms with van der Waals surface area (Å²) >= 11 is 0. The van der Waals surface area contributed by atoms with Crippen LogP contribution in [0.1, 0.15) is 25.3 Å². The second-order valence-electron chi connectivity index (χ2n) is 3.38. The number of hydrogen-bond donors (Lipinski definition) is 0. The summed E-state index contributed by atoms with van der Waals surface area (Å²) in [5, 5.41) is 10.6. The van der Waals surface area contributed by atoms with Gasteiger partial charge in [-0.2, -0.15) is 0 Å². The van der Waals surface area contributed by atoms with E-state index in [1.807, 2.05) is 19.9 Å². The molecule has 0 bridgehead atoms. The van der Waals surface area contributed by atoms with E-state index in [2.05, 4.69) is 0 Å². The van der Waals surface area contributed by atoms with E-state index < -0.39 is 4.92 Å². The molecule has 14 heavy (non-hydrogen) atoms. The molecule has 4 nitrogen and oxygen atoms in total. The number of benzene rings is 1. The van der Waals surface area contributed by atoms with Crippen molar-refractivity contribution in [1.29, 1.82) is 0 Å². The van der Waals surface area contributed by atoms with Crippen LogP contribution >= 0.6 is 0 Å². The third-order valence-electron chi connectivity index (χ3n) is 2.03. The number of hydrogen-bond acceptors (Lipinski definition) is 3. The molecule has 0 heterocycles. The van der Waals surface area contributed by atoms with Crippen LogP contribution in [0, 0.1) is 10.1 Å². The number of methoxy groups -OCH3 is 1. The summed E-state index contributed by atoms with van der Waals surface area (Å²) in [6.45, 7) is 3.97. The largest absolute Gasteiger partial charge is 0.496 e. The monoisotopic (exact) mass is 195 g/mol. The van der Waals surface area contributed by atoms with E-state index in [9.17, 15) is 10.1 Å². The Bertz CT molecular complexity index is 347. The van der Waals surface area contributed by atoms with Gasteiger partial charge in [-0.25, -0.2) is 0 Å². The van der Waals surface area contributed by atoms with Gasteiger partial charge in [-0.1, -0.05) is 13.8 Å². The van der Waals surface area contributed by atoms with Crippen LogP contribution in [0.5, 0.6) is 5.75 Å². The van der Waals surface area contributed by atoms with Gasteiger partial charge in [0.2, 0.25) is 0 Å². The molecule has 1 aromatic carbocycles. The van der Waals surface area contributed by atoms with E-state index in [0.29, 0.717) is 5.75 Å². The maximum atomic E-state index is 10.6. The fraction of sp³-hybridized carbons (Fsp3) is 0.400. The van der Waals surface area contributed by atoms with Crippen LogP contribution < -0.4 is 4.74 Å². The predicted molar refractivity (Wildman–Crippen MR) is 53.7 cm³/mol. The molecule has 0 fully saturated rings. The van der Waals surface area contributed by atoms with Gasteiger partial charge in [0.15, 0.2) is 0 Å². The molecule has 0 atom stereocenters. The molecule has 0 aliphatic carbocycles. The van der Waals surface area contributed by atoms with Crippen molar-refractivity contribution in [3.05, 3.63) is 33.9 Å². The van der Waals surface area contributed by atoms with Gasteiger partial charge in [0, 0.05) is 6.07 Å². The van der Waals surface area contributed by atoms with Gasteiger partial charge < -0.3 is 4.74 Å². The number of rotatable bonds is 3. The van der Waals surface area contributed by atoms with Gasteiger partial charge in [-0.15, -0.1) is 0 Å². The predicted octanol–water partition coefficient (Wildman–Crippen LogP) is 2.73. The van der Waals surface area contributed by atoms with Crippen molar-refractivity contribution in [2.45, 2.75) is 19.8 Å². The SMILES string of the molecule is COc1cc(C(C)C)cc([N+](=O)[O-])c1. The molecule has 0 unspecified atom stereocenters. The molecule has 0 saturated carbocycles. The minimum atomic E-state index is -0.408. The van der Waals surface area contributed by atoms with E-state index in [-0.39, 0.29) is 11.6 Å². The van der Waals surface area contributed by atoms with Crippen LogP contribution in [-0.2, 0) is 0 Å². The van der Waals surface area contributed by atoms with Gasteiger partial charge in [-0.3, -0.25) is 10.1 Å². The Balaban J connectivity index is 3.20. The lowest BCUT2D eigenvalue weighted by molar-refractivity contribution is -0.385. The standard InChI is InChI=1S/C10H13NO3/c1-7(2)8-4-9(11(12)13)6-10(5-8)14-3/h4-7H,1-3H3. The topological polar surface area (TPSA) is 52.4 Å². The maximum absolute atomic E-state index is 10.6. The number of ether oxygens (including phenoxy) is 1. The van der Waals surface area contributed by atoms with E-state index >= 15 is 0 Å². The number of nitrogens with zero attached hydrogens (tertiary/aromatic N) is 1. The van der Waals surface area contributed by atoms with Crippen LogP contribution in [0.4, 0.5) is 5.69 Å². The Labute approximate surface area is 82.7 Å². The van der Waals surface area contributed by atoms with E-state index in [0.717, 1.165) is 5.56 Å². The Kier molecular flexibility index (Phi) is 3.06. The summed E-state index contributed by atoms with van der Waals surface area (Å²) in [5.41, 5.74) is 0.990. The number of nitro groups is 1. The van der Waals surface area contributed by atoms with Crippen molar-refractivity contribution in [3.63, 3.8) is 0 Å². The Morgan fingerprint density at radius 1 is 1.36 bits per heavy atom. The minimum Gasteiger partial charge on any atom is -0.496 e. The van der Waals surface area contributed by atoms with Crippen molar-refractivity contribution < 1.29 is 9.66 Å². The van der Waals surface area contributed by atoms with Crippen LogP contribution in [-0.4, -0.2) is 12.0 Å². The zero-order valence-electron chi connectivity index (χ0n) is 8.48. The molecule has 0 saturated heterocycles. The first-order valence-corrected chi connectivity index (χ1v) is 4.38. The number of non-ortho nitro benzene ring substituents is 1. The summed E-state index contributed by atoms with van der Waals surface area (Å²) in [4.78, 5) is 10.2. The highest BCUT2D eigenvalue weighted by Crippen LogP contribution is 2.26. The van der Waals surface area contributed by atoms with Crippen molar-refractivity contribution in [2.75, 3.05) is 7.11 Å². The molecule has 0 spiro atoms. The summed E-state index contributed by atoms with van der Waals surface area (Å²) in [7, 11) is 1.50. The van der Waals surface area contributed by atoms with Crippen molar-refractivity contribution in [2.24, 2.45) is 0 Å². The van der Waals surface area contributed by atoms with Gasteiger partial charge in [0.1, 0.15) is 5.75 Å². The van der Waals surface area contributed by atoms with Crippen LogP contribution in [0.2, 0.25) is 0 Å². The van der Waals surface area contributed by atoms with Gasteiger partial charge in [-0.05, 0) is 17.5 Å². The van der Waals surface area contributed by atoms with Crippen molar-refractivity contribution in [3.8, 4) is 5.75 Å². The first-order valence-electron chi connectivity index (χ1n) is 4.38.